The lowest BCUT2D eigenvalue weighted by molar-refractivity contribution is 0.168. The summed E-state index contributed by atoms with van der Waals surface area (Å²) >= 11 is 0. The van der Waals surface area contributed by atoms with E-state index in [2.05, 4.69) is 15.6 Å². The topological polar surface area (TPSA) is 175 Å². The second-order valence-corrected chi connectivity index (χ2v) is 7.13. The van der Waals surface area contributed by atoms with Crippen LogP contribution in [0.15, 0.2) is 35.2 Å². The Labute approximate surface area is 157 Å². The predicted octanol–water partition coefficient (Wildman–Crippen LogP) is 1.12. The number of pyridine rings is 1. The smallest absolute Gasteiger partial charge is 0.412 e. The number of hydrogen-bond donors (Lipinski definition) is 5. The van der Waals surface area contributed by atoms with E-state index in [1.165, 1.54) is 12.1 Å². The van der Waals surface area contributed by atoms with Gasteiger partial charge in [-0.3, -0.25) is 5.32 Å². The number of nitrogens with two attached hydrogens (primary N) is 3. The maximum absolute atomic E-state index is 11.5. The van der Waals surface area contributed by atoms with Crippen LogP contribution in [0.4, 0.5) is 27.8 Å². The van der Waals surface area contributed by atoms with Crippen LogP contribution in [-0.2, 0) is 21.2 Å². The van der Waals surface area contributed by atoms with Gasteiger partial charge in [0.2, 0.25) is 10.0 Å². The zero-order chi connectivity index (χ0) is 20.0. The number of amides is 1. The highest BCUT2D eigenvalue weighted by atomic mass is 32.2. The molecule has 1 heterocycles. The van der Waals surface area contributed by atoms with Crippen LogP contribution < -0.4 is 27.2 Å². The van der Waals surface area contributed by atoms with Crippen molar-refractivity contribution in [1.29, 1.82) is 0 Å². The van der Waals surface area contributed by atoms with Crippen molar-refractivity contribution in [2.24, 2.45) is 5.14 Å². The van der Waals surface area contributed by atoms with E-state index < -0.39 is 16.1 Å². The second-order valence-electron chi connectivity index (χ2n) is 5.57. The number of nitrogen functional groups attached to an aromatic ring is 2. The van der Waals surface area contributed by atoms with Crippen molar-refractivity contribution in [1.82, 2.24) is 4.98 Å². The minimum Gasteiger partial charge on any atom is -0.450 e. The summed E-state index contributed by atoms with van der Waals surface area (Å²) in [5, 5.41) is 10.6. The molecule has 0 unspecified atom stereocenters. The van der Waals surface area contributed by atoms with Gasteiger partial charge in [-0.1, -0.05) is 12.1 Å². The van der Waals surface area contributed by atoms with Crippen molar-refractivity contribution < 1.29 is 17.9 Å². The first-order valence-electron chi connectivity index (χ1n) is 8.06. The number of rotatable bonds is 7. The van der Waals surface area contributed by atoms with Crippen LogP contribution in [0.1, 0.15) is 12.5 Å². The summed E-state index contributed by atoms with van der Waals surface area (Å²) in [6.07, 6.45) is -0.0530. The van der Waals surface area contributed by atoms with E-state index in [-0.39, 0.29) is 28.8 Å². The zero-order valence-electron chi connectivity index (χ0n) is 14.7. The molecule has 0 saturated carbocycles. The van der Waals surface area contributed by atoms with Crippen LogP contribution >= 0.6 is 0 Å². The number of benzene rings is 1. The highest BCUT2D eigenvalue weighted by Gasteiger charge is 2.11. The molecule has 0 spiro atoms. The molecule has 146 valence electrons. The van der Waals surface area contributed by atoms with Gasteiger partial charge in [0.25, 0.3) is 0 Å². The molecular weight excluding hydrogens is 372 g/mol. The first kappa shape index (κ1) is 20.3. The lowest BCUT2D eigenvalue weighted by atomic mass is 10.1. The van der Waals surface area contributed by atoms with Crippen LogP contribution in [0.25, 0.3) is 0 Å². The number of primary sulfonamides is 1. The summed E-state index contributed by atoms with van der Waals surface area (Å²) in [6.45, 7) is 2.40. The largest absolute Gasteiger partial charge is 0.450 e. The molecule has 2 rings (SSSR count). The third-order valence-electron chi connectivity index (χ3n) is 3.57. The summed E-state index contributed by atoms with van der Waals surface area (Å²) in [5.74, 6) is 0.282. The fourth-order valence-electron chi connectivity index (χ4n) is 2.24. The Morgan fingerprint density at radius 1 is 1.22 bits per heavy atom. The van der Waals surface area contributed by atoms with Gasteiger partial charge in [0, 0.05) is 12.6 Å². The van der Waals surface area contributed by atoms with Gasteiger partial charge in [0.15, 0.2) is 5.82 Å². The van der Waals surface area contributed by atoms with Gasteiger partial charge in [-0.05, 0) is 31.0 Å². The molecule has 8 N–H and O–H groups in total. The Hall–Kier alpha value is -3.05. The van der Waals surface area contributed by atoms with Crippen LogP contribution in [0, 0.1) is 0 Å². The summed E-state index contributed by atoms with van der Waals surface area (Å²) in [4.78, 5) is 15.5. The van der Waals surface area contributed by atoms with Crippen LogP contribution in [0.2, 0.25) is 0 Å². The molecule has 27 heavy (non-hydrogen) atoms. The Morgan fingerprint density at radius 2 is 1.89 bits per heavy atom. The summed E-state index contributed by atoms with van der Waals surface area (Å²) in [7, 11) is -3.71. The van der Waals surface area contributed by atoms with Gasteiger partial charge in [0.1, 0.15) is 5.82 Å². The standard InChI is InChI=1S/C16H22N6O4S/c1-2-26-16(23)22-13-9-12(14(17)15(18)21-13)20-8-7-10-3-5-11(6-4-10)27(19,24)25/h3-6,9H,2,7-8,17H2,1H3,(H2,19,24,25)(H4,18,20,21,22,23). The summed E-state index contributed by atoms with van der Waals surface area (Å²) in [6, 6.07) is 7.81. The Morgan fingerprint density at radius 3 is 2.48 bits per heavy atom. The molecule has 0 saturated heterocycles. The number of carbonyl (C=O) groups excluding carboxylic acids is 1. The molecule has 1 aromatic carbocycles. The molecule has 0 fully saturated rings. The molecule has 2 aromatic rings. The van der Waals surface area contributed by atoms with Gasteiger partial charge in [-0.25, -0.2) is 23.3 Å². The van der Waals surface area contributed by atoms with E-state index in [0.29, 0.717) is 18.7 Å². The third-order valence-corrected chi connectivity index (χ3v) is 4.50. The molecule has 1 amide bonds. The minimum atomic E-state index is -3.71. The number of nitrogens with zero attached hydrogens (tertiary/aromatic N) is 1. The summed E-state index contributed by atoms with van der Waals surface area (Å²) in [5.41, 5.74) is 13.4. The molecule has 0 atom stereocenters. The monoisotopic (exact) mass is 394 g/mol. The molecular formula is C16H22N6O4S. The SMILES string of the molecule is CCOC(=O)Nc1cc(NCCc2ccc(S(N)(=O)=O)cc2)c(N)c(N)n1. The molecule has 0 aliphatic heterocycles. The maximum Gasteiger partial charge on any atom is 0.412 e. The van der Waals surface area contributed by atoms with Crippen molar-refractivity contribution in [2.45, 2.75) is 18.2 Å². The number of aromatic nitrogens is 1. The van der Waals surface area contributed by atoms with Crippen LogP contribution in [-0.4, -0.2) is 32.6 Å². The third kappa shape index (κ3) is 5.72. The van der Waals surface area contributed by atoms with Gasteiger partial charge < -0.3 is 21.5 Å². The van der Waals surface area contributed by atoms with Crippen LogP contribution in [0.3, 0.4) is 0 Å². The zero-order valence-corrected chi connectivity index (χ0v) is 15.5. The van der Waals surface area contributed by atoms with Gasteiger partial charge in [-0.2, -0.15) is 0 Å². The lowest BCUT2D eigenvalue weighted by Gasteiger charge is -2.13. The van der Waals surface area contributed by atoms with Crippen molar-refractivity contribution in [3.05, 3.63) is 35.9 Å². The van der Waals surface area contributed by atoms with E-state index in [9.17, 15) is 13.2 Å². The van der Waals surface area contributed by atoms with E-state index >= 15 is 0 Å². The number of nitrogens with one attached hydrogen (secondary N) is 2. The van der Waals surface area contributed by atoms with Gasteiger partial charge in [0.05, 0.1) is 22.9 Å². The highest BCUT2D eigenvalue weighted by Crippen LogP contribution is 2.27. The average Bonchev–Trinajstić information content (AvgIpc) is 2.59. The molecule has 0 bridgehead atoms. The predicted molar refractivity (Wildman–Crippen MR) is 104 cm³/mol. The lowest BCUT2D eigenvalue weighted by Crippen LogP contribution is -2.16. The van der Waals surface area contributed by atoms with Crippen molar-refractivity contribution in [3.63, 3.8) is 0 Å². The van der Waals surface area contributed by atoms with Gasteiger partial charge >= 0.3 is 6.09 Å². The molecule has 0 radical (unpaired) electrons. The number of ether oxygens (including phenoxy) is 1. The van der Waals surface area contributed by atoms with Crippen molar-refractivity contribution in [3.8, 4) is 0 Å². The van der Waals surface area contributed by atoms with Crippen molar-refractivity contribution in [2.75, 3.05) is 35.3 Å². The summed E-state index contributed by atoms with van der Waals surface area (Å²) < 4.78 is 27.3. The molecule has 0 aliphatic rings. The van der Waals surface area contributed by atoms with E-state index in [0.717, 1.165) is 5.56 Å². The highest BCUT2D eigenvalue weighted by molar-refractivity contribution is 7.89. The molecule has 1 aromatic heterocycles. The first-order valence-corrected chi connectivity index (χ1v) is 9.60. The molecule has 10 nitrogen and oxygen atoms in total. The first-order chi connectivity index (χ1) is 12.7. The Kier molecular flexibility index (Phi) is 6.42. The minimum absolute atomic E-state index is 0.0556. The quantitative estimate of drug-likeness (QED) is 0.464. The number of hydrogen-bond acceptors (Lipinski definition) is 8. The van der Waals surface area contributed by atoms with Gasteiger partial charge in [-0.15, -0.1) is 0 Å². The molecule has 0 aliphatic carbocycles. The Balaban J connectivity index is 2.02. The maximum atomic E-state index is 11.5. The number of sulfonamides is 1. The van der Waals surface area contributed by atoms with Crippen molar-refractivity contribution >= 4 is 39.1 Å². The normalized spacial score (nSPS) is 11.0. The average molecular weight is 394 g/mol. The second kappa shape index (κ2) is 8.56. The van der Waals surface area contributed by atoms with E-state index in [4.69, 9.17) is 21.3 Å². The molecule has 11 heteroatoms. The fraction of sp³-hybridized carbons (Fsp3) is 0.250. The number of anilines is 4. The number of carbonyl (C=O) groups is 1. The van der Waals surface area contributed by atoms with Crippen LogP contribution in [0.5, 0.6) is 0 Å². The van der Waals surface area contributed by atoms with E-state index in [1.807, 2.05) is 0 Å². The fourth-order valence-corrected chi connectivity index (χ4v) is 2.76. The van der Waals surface area contributed by atoms with E-state index in [1.54, 1.807) is 25.1 Å². The Bertz CT molecular complexity index is 915.